The number of aromatic nitrogens is 1. The maximum atomic E-state index is 14.2. The summed E-state index contributed by atoms with van der Waals surface area (Å²) < 4.78 is 34.7. The fraction of sp³-hybridized carbons (Fsp3) is 0.487. The van der Waals surface area contributed by atoms with Crippen LogP contribution in [0.2, 0.25) is 0 Å². The van der Waals surface area contributed by atoms with Gasteiger partial charge in [-0.15, -0.1) is 0 Å². The summed E-state index contributed by atoms with van der Waals surface area (Å²) in [5.74, 6) is -0.374. The van der Waals surface area contributed by atoms with Gasteiger partial charge >= 0.3 is 6.03 Å². The van der Waals surface area contributed by atoms with E-state index in [0.717, 1.165) is 36.9 Å². The summed E-state index contributed by atoms with van der Waals surface area (Å²) in [6.45, 7) is 6.00. The first-order valence-electron chi connectivity index (χ1n) is 18.0. The van der Waals surface area contributed by atoms with Crippen molar-refractivity contribution in [3.63, 3.8) is 0 Å². The number of carbonyl (C=O) groups excluding carboxylic acids is 2. The third kappa shape index (κ3) is 12.1. The lowest BCUT2D eigenvalue weighted by Crippen LogP contribution is -2.60. The number of methoxy groups -OCH3 is 1. The first-order chi connectivity index (χ1) is 25.2. The van der Waals surface area contributed by atoms with E-state index < -0.39 is 45.6 Å². The lowest BCUT2D eigenvalue weighted by atomic mass is 9.85. The Balaban J connectivity index is 1.57. The molecule has 3 aromatic rings. The number of pyridine rings is 1. The second-order valence-electron chi connectivity index (χ2n) is 14.8. The molecular formula is C39H54N6O7S. The molecule has 3 amide bonds. The largest absolute Gasteiger partial charge is 0.411 e. The molecule has 0 aliphatic heterocycles. The minimum Gasteiger partial charge on any atom is -0.411 e. The molecule has 0 unspecified atom stereocenters. The number of hydrogen-bond donors (Lipinski definition) is 4. The minimum atomic E-state index is -4.07. The number of amides is 3. The van der Waals surface area contributed by atoms with Crippen LogP contribution in [0.4, 0.5) is 4.79 Å². The highest BCUT2D eigenvalue weighted by Crippen LogP contribution is 2.29. The lowest BCUT2D eigenvalue weighted by Gasteiger charge is -2.35. The Kier molecular flexibility index (Phi) is 14.9. The molecular weight excluding hydrogens is 697 g/mol. The number of sulfonamides is 1. The number of oxime groups is 1. The van der Waals surface area contributed by atoms with Crippen molar-refractivity contribution in [3.05, 3.63) is 95.3 Å². The third-order valence-corrected chi connectivity index (χ3v) is 11.3. The zero-order valence-corrected chi connectivity index (χ0v) is 32.1. The molecule has 53 heavy (non-hydrogen) atoms. The summed E-state index contributed by atoms with van der Waals surface area (Å²) in [4.78, 5) is 33.7. The predicted molar refractivity (Wildman–Crippen MR) is 203 cm³/mol. The lowest BCUT2D eigenvalue weighted by molar-refractivity contribution is -0.127. The van der Waals surface area contributed by atoms with Crippen LogP contribution in [0.1, 0.15) is 69.0 Å². The number of carbonyl (C=O) groups is 2. The monoisotopic (exact) mass is 750 g/mol. The zero-order chi connectivity index (χ0) is 38.6. The average molecular weight is 751 g/mol. The Labute approximate surface area is 313 Å². The molecule has 288 valence electrons. The fourth-order valence-electron chi connectivity index (χ4n) is 6.52. The van der Waals surface area contributed by atoms with Crippen molar-refractivity contribution in [2.45, 2.75) is 89.1 Å². The molecule has 13 nitrogen and oxygen atoms in total. The number of rotatable bonds is 17. The first kappa shape index (κ1) is 41.4. The Morgan fingerprint density at radius 2 is 1.66 bits per heavy atom. The summed E-state index contributed by atoms with van der Waals surface area (Å²) in [5.41, 5.74) is 2.02. The Morgan fingerprint density at radius 3 is 2.28 bits per heavy atom. The van der Waals surface area contributed by atoms with Crippen molar-refractivity contribution < 1.29 is 33.1 Å². The van der Waals surface area contributed by atoms with Crippen LogP contribution >= 0.6 is 0 Å². The highest BCUT2D eigenvalue weighted by molar-refractivity contribution is 7.89. The summed E-state index contributed by atoms with van der Waals surface area (Å²) in [7, 11) is -0.866. The molecule has 1 heterocycles. The highest BCUT2D eigenvalue weighted by atomic mass is 32.2. The molecule has 1 aliphatic rings. The molecule has 0 spiro atoms. The molecule has 1 fully saturated rings. The van der Waals surface area contributed by atoms with Gasteiger partial charge in [-0.05, 0) is 66.0 Å². The van der Waals surface area contributed by atoms with Crippen LogP contribution in [0.5, 0.6) is 0 Å². The molecule has 0 bridgehead atoms. The van der Waals surface area contributed by atoms with E-state index in [-0.39, 0.29) is 36.9 Å². The number of ether oxygens (including phenoxy) is 1. The van der Waals surface area contributed by atoms with Crippen LogP contribution in [0.3, 0.4) is 0 Å². The molecule has 1 aliphatic carbocycles. The van der Waals surface area contributed by atoms with Gasteiger partial charge in [0.25, 0.3) is 0 Å². The van der Waals surface area contributed by atoms with Crippen LogP contribution in [0.25, 0.3) is 0 Å². The van der Waals surface area contributed by atoms with Crippen molar-refractivity contribution >= 4 is 28.2 Å². The normalized spacial score (nSPS) is 15.7. The summed E-state index contributed by atoms with van der Waals surface area (Å²) in [6.07, 6.45) is 3.90. The second kappa shape index (κ2) is 19.1. The van der Waals surface area contributed by atoms with Gasteiger partial charge in [-0.3, -0.25) is 9.78 Å². The second-order valence-corrected chi connectivity index (χ2v) is 16.8. The van der Waals surface area contributed by atoms with Gasteiger partial charge in [0, 0.05) is 27.2 Å². The van der Waals surface area contributed by atoms with Crippen LogP contribution in [0, 0.1) is 11.3 Å². The zero-order valence-electron chi connectivity index (χ0n) is 31.3. The third-order valence-electron chi connectivity index (χ3n) is 9.44. The first-order valence-corrected chi connectivity index (χ1v) is 19.4. The Bertz CT molecular complexity index is 1760. The maximum absolute atomic E-state index is 14.2. The van der Waals surface area contributed by atoms with E-state index >= 15 is 0 Å². The quantitative estimate of drug-likeness (QED) is 0.0883. The van der Waals surface area contributed by atoms with Gasteiger partial charge in [0.2, 0.25) is 15.9 Å². The van der Waals surface area contributed by atoms with Gasteiger partial charge in [-0.25, -0.2) is 13.2 Å². The molecule has 4 N–H and O–H groups in total. The van der Waals surface area contributed by atoms with E-state index in [1.807, 2.05) is 69.3 Å². The van der Waals surface area contributed by atoms with Crippen molar-refractivity contribution in [2.24, 2.45) is 16.5 Å². The van der Waals surface area contributed by atoms with Gasteiger partial charge in [-0.2, -0.15) is 4.31 Å². The van der Waals surface area contributed by atoms with Gasteiger partial charge in [0.15, 0.2) is 0 Å². The van der Waals surface area contributed by atoms with Crippen molar-refractivity contribution in [3.8, 4) is 0 Å². The van der Waals surface area contributed by atoms with Crippen molar-refractivity contribution in [2.75, 3.05) is 27.2 Å². The summed E-state index contributed by atoms with van der Waals surface area (Å²) in [5, 5.41) is 29.7. The smallest absolute Gasteiger partial charge is 0.318 e. The highest BCUT2D eigenvalue weighted by Gasteiger charge is 2.37. The van der Waals surface area contributed by atoms with E-state index in [9.17, 15) is 23.1 Å². The molecule has 14 heteroatoms. The SMILES string of the molecule is COCc1cccc(CN(C)C(=O)N[C@H](C(=O)N[C@@H](Cc2ccccc2)[C@@H](O)CN(CC2CCCC2)S(=O)(=O)c2ccc(C=NO)cc2)C(C)(C)C)n1. The van der Waals surface area contributed by atoms with Gasteiger partial charge in [0.1, 0.15) is 6.04 Å². The predicted octanol–water partition coefficient (Wildman–Crippen LogP) is 4.56. The average Bonchev–Trinajstić information content (AvgIpc) is 3.64. The minimum absolute atomic E-state index is 0.0432. The molecule has 4 rings (SSSR count). The van der Waals surface area contributed by atoms with Gasteiger partial charge in [0.05, 0.1) is 47.8 Å². The molecule has 1 aromatic heterocycles. The van der Waals surface area contributed by atoms with Crippen LogP contribution in [-0.4, -0.2) is 96.5 Å². The molecule has 0 radical (unpaired) electrons. The Morgan fingerprint density at radius 1 is 1.00 bits per heavy atom. The van der Waals surface area contributed by atoms with Gasteiger partial charge in [-0.1, -0.05) is 87.3 Å². The van der Waals surface area contributed by atoms with Crippen molar-refractivity contribution in [1.82, 2.24) is 24.8 Å². The standard InChI is InChI=1S/C39H54N6O7S/c1-39(2,3)36(43-38(48)44(4)25-31-16-11-17-32(41-31)27-52-5)37(47)42-34(22-28-12-7-6-8-13-28)35(46)26-45(24-30-14-9-10-15-30)53(50,51)33-20-18-29(19-21-33)23-40-49/h6-8,11-13,16-21,23,30,34-36,46,49H,9-10,14-15,22,24-27H2,1-5H3,(H,42,47)(H,43,48)/t34-,35-,36+/m0/s1. The van der Waals surface area contributed by atoms with Crippen LogP contribution in [-0.2, 0) is 39.1 Å². The number of aliphatic hydroxyl groups is 1. The number of urea groups is 1. The Hall–Kier alpha value is -4.37. The van der Waals surface area contributed by atoms with E-state index in [1.54, 1.807) is 26.3 Å². The van der Waals surface area contributed by atoms with Crippen LogP contribution in [0.15, 0.2) is 82.8 Å². The molecule has 3 atom stereocenters. The van der Waals surface area contributed by atoms with E-state index in [4.69, 9.17) is 9.94 Å². The molecule has 0 saturated heterocycles. The number of hydrogen-bond acceptors (Lipinski definition) is 9. The number of nitrogens with one attached hydrogen (secondary N) is 2. The molecule has 2 aromatic carbocycles. The number of aliphatic hydroxyl groups excluding tert-OH is 1. The van der Waals surface area contributed by atoms with E-state index in [0.29, 0.717) is 17.9 Å². The summed E-state index contributed by atoms with van der Waals surface area (Å²) >= 11 is 0. The van der Waals surface area contributed by atoms with Crippen molar-refractivity contribution in [1.29, 1.82) is 0 Å². The topological polar surface area (TPSA) is 174 Å². The maximum Gasteiger partial charge on any atom is 0.318 e. The fourth-order valence-corrected chi connectivity index (χ4v) is 8.05. The molecule has 1 saturated carbocycles. The number of benzene rings is 2. The van der Waals surface area contributed by atoms with Gasteiger partial charge < -0.3 is 30.6 Å². The summed E-state index contributed by atoms with van der Waals surface area (Å²) in [6, 6.07) is 18.4. The van der Waals surface area contributed by atoms with E-state index in [1.165, 1.54) is 27.6 Å². The van der Waals surface area contributed by atoms with E-state index in [2.05, 4.69) is 20.8 Å². The number of nitrogens with zero attached hydrogens (tertiary/aromatic N) is 4. The van der Waals surface area contributed by atoms with Crippen LogP contribution < -0.4 is 10.6 Å².